The zero-order valence-electron chi connectivity index (χ0n) is 11.1. The maximum Gasteiger partial charge on any atom is 0.150 e. The van der Waals surface area contributed by atoms with E-state index in [1.165, 1.54) is 10.7 Å². The van der Waals surface area contributed by atoms with Crippen molar-refractivity contribution in [1.29, 1.82) is 0 Å². The van der Waals surface area contributed by atoms with Gasteiger partial charge in [-0.05, 0) is 39.0 Å². The van der Waals surface area contributed by atoms with E-state index in [2.05, 4.69) is 52.3 Å². The van der Waals surface area contributed by atoms with Gasteiger partial charge < -0.3 is 5.32 Å². The smallest absolute Gasteiger partial charge is 0.150 e. The molecular formula is C13H16BrFN4. The first-order valence-electron chi connectivity index (χ1n) is 5.97. The predicted molar refractivity (Wildman–Crippen MR) is 75.6 cm³/mol. The van der Waals surface area contributed by atoms with Crippen LogP contribution in [-0.2, 0) is 6.54 Å². The summed E-state index contributed by atoms with van der Waals surface area (Å²) in [5.41, 5.74) is 1.19. The minimum absolute atomic E-state index is 0.0205. The summed E-state index contributed by atoms with van der Waals surface area (Å²) in [7, 11) is 0. The molecule has 0 aliphatic rings. The Morgan fingerprint density at radius 2 is 2.11 bits per heavy atom. The minimum atomic E-state index is -0.336. The molecule has 0 saturated carbocycles. The van der Waals surface area contributed by atoms with Gasteiger partial charge in [-0.25, -0.2) is 9.07 Å². The van der Waals surface area contributed by atoms with E-state index in [9.17, 15) is 4.39 Å². The van der Waals surface area contributed by atoms with Crippen LogP contribution in [-0.4, -0.2) is 20.5 Å². The van der Waals surface area contributed by atoms with Crippen LogP contribution in [0, 0.1) is 5.82 Å². The van der Waals surface area contributed by atoms with E-state index >= 15 is 0 Å². The number of rotatable bonds is 3. The number of hydrogen-bond acceptors (Lipinski definition) is 3. The van der Waals surface area contributed by atoms with Crippen LogP contribution < -0.4 is 5.32 Å². The molecule has 0 aliphatic heterocycles. The van der Waals surface area contributed by atoms with Crippen LogP contribution in [0.25, 0.3) is 5.69 Å². The van der Waals surface area contributed by atoms with Crippen molar-refractivity contribution in [1.82, 2.24) is 20.3 Å². The van der Waals surface area contributed by atoms with Gasteiger partial charge in [-0.2, -0.15) is 0 Å². The Hall–Kier alpha value is -1.27. The second-order valence-corrected chi connectivity index (χ2v) is 6.25. The average Bonchev–Trinajstić information content (AvgIpc) is 2.73. The second kappa shape index (κ2) is 5.38. The van der Waals surface area contributed by atoms with Crippen molar-refractivity contribution < 1.29 is 4.39 Å². The molecule has 102 valence electrons. The number of nitrogens with one attached hydrogen (secondary N) is 1. The molecule has 2 rings (SSSR count). The van der Waals surface area contributed by atoms with Gasteiger partial charge in [0.25, 0.3) is 0 Å². The van der Waals surface area contributed by atoms with Crippen molar-refractivity contribution >= 4 is 15.9 Å². The van der Waals surface area contributed by atoms with Crippen molar-refractivity contribution in [2.75, 3.05) is 0 Å². The summed E-state index contributed by atoms with van der Waals surface area (Å²) in [5, 5.41) is 11.1. The van der Waals surface area contributed by atoms with Gasteiger partial charge in [0, 0.05) is 16.6 Å². The number of hydrogen-bond donors (Lipinski definition) is 1. The summed E-state index contributed by atoms with van der Waals surface area (Å²) >= 11 is 3.24. The third-order valence-corrected chi connectivity index (χ3v) is 3.05. The van der Waals surface area contributed by atoms with E-state index in [0.717, 1.165) is 5.69 Å². The van der Waals surface area contributed by atoms with Gasteiger partial charge in [0.05, 0.1) is 11.9 Å². The van der Waals surface area contributed by atoms with Gasteiger partial charge >= 0.3 is 0 Å². The van der Waals surface area contributed by atoms with E-state index in [1.54, 1.807) is 18.3 Å². The lowest BCUT2D eigenvalue weighted by Crippen LogP contribution is -2.35. The molecular weight excluding hydrogens is 311 g/mol. The first kappa shape index (κ1) is 14.1. The van der Waals surface area contributed by atoms with Crippen LogP contribution in [0.1, 0.15) is 26.5 Å². The molecule has 4 nitrogen and oxygen atoms in total. The predicted octanol–water partition coefficient (Wildman–Crippen LogP) is 3.06. The Morgan fingerprint density at radius 3 is 2.74 bits per heavy atom. The van der Waals surface area contributed by atoms with Gasteiger partial charge in [-0.15, -0.1) is 5.10 Å². The standard InChI is InChI=1S/C13H16BrFN4/c1-13(2,3)16-7-10-8-17-18-19(10)12-5-4-9(14)6-11(12)15/h4-6,8,16H,7H2,1-3H3. The van der Waals surface area contributed by atoms with Gasteiger partial charge in [0.1, 0.15) is 11.5 Å². The summed E-state index contributed by atoms with van der Waals surface area (Å²) in [6.07, 6.45) is 1.64. The maximum atomic E-state index is 13.9. The van der Waals surface area contributed by atoms with Crippen LogP contribution >= 0.6 is 15.9 Å². The molecule has 0 unspecified atom stereocenters. The SMILES string of the molecule is CC(C)(C)NCc1cnnn1-c1ccc(Br)cc1F. The highest BCUT2D eigenvalue weighted by atomic mass is 79.9. The van der Waals surface area contributed by atoms with Crippen LogP contribution in [0.4, 0.5) is 4.39 Å². The average molecular weight is 327 g/mol. The first-order chi connectivity index (χ1) is 8.87. The zero-order chi connectivity index (χ0) is 14.0. The third kappa shape index (κ3) is 3.61. The first-order valence-corrected chi connectivity index (χ1v) is 6.76. The highest BCUT2D eigenvalue weighted by Crippen LogP contribution is 2.19. The van der Waals surface area contributed by atoms with Crippen molar-refractivity contribution in [3.8, 4) is 5.69 Å². The van der Waals surface area contributed by atoms with Crippen LogP contribution in [0.3, 0.4) is 0 Å². The monoisotopic (exact) mass is 326 g/mol. The van der Waals surface area contributed by atoms with Crippen molar-refractivity contribution in [2.24, 2.45) is 0 Å². The third-order valence-electron chi connectivity index (χ3n) is 2.56. The Bertz CT molecular complexity index is 574. The van der Waals surface area contributed by atoms with Crippen LogP contribution in [0.5, 0.6) is 0 Å². The van der Waals surface area contributed by atoms with E-state index < -0.39 is 0 Å². The van der Waals surface area contributed by atoms with E-state index in [4.69, 9.17) is 0 Å². The molecule has 2 aromatic rings. The van der Waals surface area contributed by atoms with Crippen molar-refractivity contribution in [2.45, 2.75) is 32.9 Å². The fourth-order valence-electron chi connectivity index (χ4n) is 1.59. The van der Waals surface area contributed by atoms with Gasteiger partial charge in [0.2, 0.25) is 0 Å². The number of aromatic nitrogens is 3. The lowest BCUT2D eigenvalue weighted by Gasteiger charge is -2.20. The van der Waals surface area contributed by atoms with Crippen molar-refractivity contribution in [3.05, 3.63) is 40.4 Å². The van der Waals surface area contributed by atoms with Crippen LogP contribution in [0.2, 0.25) is 0 Å². The lowest BCUT2D eigenvalue weighted by atomic mass is 10.1. The molecule has 0 bridgehead atoms. The zero-order valence-corrected chi connectivity index (χ0v) is 12.7. The molecule has 0 atom stereocenters. The summed E-state index contributed by atoms with van der Waals surface area (Å²) in [4.78, 5) is 0. The largest absolute Gasteiger partial charge is 0.306 e. The van der Waals surface area contributed by atoms with E-state index in [1.807, 2.05) is 0 Å². The van der Waals surface area contributed by atoms with Crippen molar-refractivity contribution in [3.63, 3.8) is 0 Å². The molecule has 0 amide bonds. The lowest BCUT2D eigenvalue weighted by molar-refractivity contribution is 0.418. The molecule has 0 radical (unpaired) electrons. The molecule has 1 N–H and O–H groups in total. The Kier molecular flexibility index (Phi) is 4.01. The normalized spacial score (nSPS) is 11.8. The Labute approximate surface area is 120 Å². The van der Waals surface area contributed by atoms with E-state index in [-0.39, 0.29) is 11.4 Å². The molecule has 1 aromatic carbocycles. The molecule has 0 fully saturated rings. The highest BCUT2D eigenvalue weighted by molar-refractivity contribution is 9.10. The molecule has 1 aromatic heterocycles. The Balaban J connectivity index is 2.28. The fraction of sp³-hybridized carbons (Fsp3) is 0.385. The number of halogens is 2. The fourth-order valence-corrected chi connectivity index (χ4v) is 1.92. The van der Waals surface area contributed by atoms with Gasteiger partial charge in [-0.1, -0.05) is 21.1 Å². The molecule has 0 spiro atoms. The van der Waals surface area contributed by atoms with E-state index in [0.29, 0.717) is 16.7 Å². The molecule has 19 heavy (non-hydrogen) atoms. The van der Waals surface area contributed by atoms with Gasteiger partial charge in [-0.3, -0.25) is 0 Å². The number of nitrogens with zero attached hydrogens (tertiary/aromatic N) is 3. The quantitative estimate of drug-likeness (QED) is 0.942. The second-order valence-electron chi connectivity index (χ2n) is 5.34. The summed E-state index contributed by atoms with van der Waals surface area (Å²) in [6.45, 7) is 6.79. The molecule has 0 aliphatic carbocycles. The summed E-state index contributed by atoms with van der Waals surface area (Å²) in [6, 6.07) is 4.87. The Morgan fingerprint density at radius 1 is 1.37 bits per heavy atom. The summed E-state index contributed by atoms with van der Waals surface area (Å²) < 4.78 is 16.1. The molecule has 1 heterocycles. The van der Waals surface area contributed by atoms with Crippen LogP contribution in [0.15, 0.2) is 28.9 Å². The topological polar surface area (TPSA) is 42.7 Å². The van der Waals surface area contributed by atoms with Gasteiger partial charge in [0.15, 0.2) is 0 Å². The highest BCUT2D eigenvalue weighted by Gasteiger charge is 2.14. The maximum absolute atomic E-state index is 13.9. The molecule has 6 heteroatoms. The summed E-state index contributed by atoms with van der Waals surface area (Å²) in [5.74, 6) is -0.336. The minimum Gasteiger partial charge on any atom is -0.306 e. The molecule has 0 saturated heterocycles. The number of benzene rings is 1.